The third-order valence-corrected chi connectivity index (χ3v) is 4.28. The molecule has 0 saturated carbocycles. The molecule has 0 aliphatic carbocycles. The molecule has 0 atom stereocenters. The van der Waals surface area contributed by atoms with Crippen molar-refractivity contribution >= 4 is 26.7 Å². The summed E-state index contributed by atoms with van der Waals surface area (Å²) in [5, 5.41) is 1.66. The highest BCUT2D eigenvalue weighted by Crippen LogP contribution is 2.31. The molecule has 3 aromatic rings. The SMILES string of the molecule is Cc1ccc(-c2[nH]c(=O)c3cc(C)ccc3c2Br)cc1. The largest absolute Gasteiger partial charge is 0.320 e. The number of H-pyrrole nitrogens is 1. The van der Waals surface area contributed by atoms with Crippen molar-refractivity contribution in [3.05, 3.63) is 68.4 Å². The van der Waals surface area contributed by atoms with Crippen molar-refractivity contribution < 1.29 is 0 Å². The lowest BCUT2D eigenvalue weighted by Gasteiger charge is -2.09. The first-order valence-corrected chi connectivity index (χ1v) is 7.25. The number of benzene rings is 2. The molecule has 0 bridgehead atoms. The highest BCUT2D eigenvalue weighted by molar-refractivity contribution is 9.10. The Labute approximate surface area is 125 Å². The molecule has 2 nitrogen and oxygen atoms in total. The van der Waals surface area contributed by atoms with E-state index >= 15 is 0 Å². The summed E-state index contributed by atoms with van der Waals surface area (Å²) < 4.78 is 0.927. The van der Waals surface area contributed by atoms with E-state index in [0.717, 1.165) is 26.7 Å². The van der Waals surface area contributed by atoms with Gasteiger partial charge in [-0.2, -0.15) is 0 Å². The van der Waals surface area contributed by atoms with Crippen molar-refractivity contribution in [2.75, 3.05) is 0 Å². The Kier molecular flexibility index (Phi) is 3.22. The fourth-order valence-corrected chi connectivity index (χ4v) is 3.00. The molecule has 0 radical (unpaired) electrons. The van der Waals surface area contributed by atoms with Crippen molar-refractivity contribution in [2.45, 2.75) is 13.8 Å². The average molecular weight is 328 g/mol. The molecule has 0 saturated heterocycles. The first-order valence-electron chi connectivity index (χ1n) is 6.45. The first kappa shape index (κ1) is 13.1. The van der Waals surface area contributed by atoms with Crippen LogP contribution in [0, 0.1) is 13.8 Å². The van der Waals surface area contributed by atoms with Crippen molar-refractivity contribution in [3.8, 4) is 11.3 Å². The second kappa shape index (κ2) is 4.91. The molecular formula is C17H14BrNO. The van der Waals surface area contributed by atoms with Crippen LogP contribution < -0.4 is 5.56 Å². The third-order valence-electron chi connectivity index (χ3n) is 3.45. The number of rotatable bonds is 1. The van der Waals surface area contributed by atoms with Crippen LogP contribution in [0.4, 0.5) is 0 Å². The lowest BCUT2D eigenvalue weighted by Crippen LogP contribution is -2.08. The Morgan fingerprint density at radius 1 is 0.900 bits per heavy atom. The molecule has 0 aliphatic heterocycles. The van der Waals surface area contributed by atoms with Crippen molar-refractivity contribution in [1.29, 1.82) is 0 Å². The zero-order valence-corrected chi connectivity index (χ0v) is 12.9. The summed E-state index contributed by atoms with van der Waals surface area (Å²) in [4.78, 5) is 15.2. The number of fused-ring (bicyclic) bond motifs is 1. The van der Waals surface area contributed by atoms with Crippen molar-refractivity contribution in [3.63, 3.8) is 0 Å². The van der Waals surface area contributed by atoms with Crippen LogP contribution in [0.15, 0.2) is 51.7 Å². The Morgan fingerprint density at radius 3 is 2.25 bits per heavy atom. The van der Waals surface area contributed by atoms with Crippen LogP contribution in [0.5, 0.6) is 0 Å². The van der Waals surface area contributed by atoms with Gasteiger partial charge in [-0.1, -0.05) is 47.5 Å². The van der Waals surface area contributed by atoms with E-state index < -0.39 is 0 Å². The molecule has 1 heterocycles. The molecule has 0 amide bonds. The number of pyridine rings is 1. The lowest BCUT2D eigenvalue weighted by atomic mass is 10.0. The Hall–Kier alpha value is -1.87. The fraction of sp³-hybridized carbons (Fsp3) is 0.118. The summed E-state index contributed by atoms with van der Waals surface area (Å²) in [6, 6.07) is 14.0. The zero-order chi connectivity index (χ0) is 14.3. The molecule has 3 heteroatoms. The van der Waals surface area contributed by atoms with Gasteiger partial charge in [0.05, 0.1) is 5.69 Å². The molecular weight excluding hydrogens is 314 g/mol. The Morgan fingerprint density at radius 2 is 1.55 bits per heavy atom. The summed E-state index contributed by atoms with van der Waals surface area (Å²) in [6.07, 6.45) is 0. The number of hydrogen-bond acceptors (Lipinski definition) is 1. The normalized spacial score (nSPS) is 10.9. The first-order chi connectivity index (χ1) is 9.56. The second-order valence-electron chi connectivity index (χ2n) is 5.06. The van der Waals surface area contributed by atoms with Crippen LogP contribution in [0.2, 0.25) is 0 Å². The van der Waals surface area contributed by atoms with Gasteiger partial charge in [-0.05, 0) is 41.4 Å². The molecule has 2 aromatic carbocycles. The Bertz CT molecular complexity index is 847. The summed E-state index contributed by atoms with van der Waals surface area (Å²) in [6.45, 7) is 4.03. The maximum absolute atomic E-state index is 12.3. The molecule has 3 rings (SSSR count). The zero-order valence-electron chi connectivity index (χ0n) is 11.3. The number of aromatic nitrogens is 1. The van der Waals surface area contributed by atoms with E-state index in [2.05, 4.69) is 20.9 Å². The van der Waals surface area contributed by atoms with Crippen LogP contribution in [-0.2, 0) is 0 Å². The molecule has 0 fully saturated rings. The number of nitrogens with one attached hydrogen (secondary N) is 1. The molecule has 100 valence electrons. The highest BCUT2D eigenvalue weighted by atomic mass is 79.9. The van der Waals surface area contributed by atoms with Gasteiger partial charge in [0.15, 0.2) is 0 Å². The quantitative estimate of drug-likeness (QED) is 0.697. The molecule has 20 heavy (non-hydrogen) atoms. The fourth-order valence-electron chi connectivity index (χ4n) is 2.33. The monoisotopic (exact) mass is 327 g/mol. The predicted molar refractivity (Wildman–Crippen MR) is 87.2 cm³/mol. The topological polar surface area (TPSA) is 32.9 Å². The predicted octanol–water partition coefficient (Wildman–Crippen LogP) is 4.57. The van der Waals surface area contributed by atoms with E-state index in [0.29, 0.717) is 5.39 Å². The van der Waals surface area contributed by atoms with Gasteiger partial charge < -0.3 is 4.98 Å². The molecule has 1 aromatic heterocycles. The second-order valence-corrected chi connectivity index (χ2v) is 5.85. The summed E-state index contributed by atoms with van der Waals surface area (Å²) >= 11 is 3.63. The maximum Gasteiger partial charge on any atom is 0.256 e. The summed E-state index contributed by atoms with van der Waals surface area (Å²) in [7, 11) is 0. The number of aromatic amines is 1. The van der Waals surface area contributed by atoms with Gasteiger partial charge in [0.1, 0.15) is 0 Å². The minimum Gasteiger partial charge on any atom is -0.320 e. The van der Waals surface area contributed by atoms with Crippen LogP contribution in [0.25, 0.3) is 22.0 Å². The molecule has 0 spiro atoms. The third kappa shape index (κ3) is 2.18. The smallest absolute Gasteiger partial charge is 0.256 e. The van der Waals surface area contributed by atoms with Crippen LogP contribution >= 0.6 is 15.9 Å². The molecule has 0 unspecified atom stereocenters. The highest BCUT2D eigenvalue weighted by Gasteiger charge is 2.10. The number of aryl methyl sites for hydroxylation is 2. The number of hydrogen-bond donors (Lipinski definition) is 1. The van der Waals surface area contributed by atoms with Gasteiger partial charge in [0, 0.05) is 15.2 Å². The van der Waals surface area contributed by atoms with Gasteiger partial charge in [0.25, 0.3) is 5.56 Å². The minimum atomic E-state index is -0.0533. The molecule has 0 aliphatic rings. The maximum atomic E-state index is 12.3. The van der Waals surface area contributed by atoms with Crippen LogP contribution in [0.1, 0.15) is 11.1 Å². The van der Waals surface area contributed by atoms with E-state index in [1.165, 1.54) is 5.56 Å². The lowest BCUT2D eigenvalue weighted by molar-refractivity contribution is 1.26. The van der Waals surface area contributed by atoms with Gasteiger partial charge in [-0.15, -0.1) is 0 Å². The van der Waals surface area contributed by atoms with E-state index in [-0.39, 0.29) is 5.56 Å². The van der Waals surface area contributed by atoms with Crippen LogP contribution in [0.3, 0.4) is 0 Å². The van der Waals surface area contributed by atoms with Crippen molar-refractivity contribution in [1.82, 2.24) is 4.98 Å². The summed E-state index contributed by atoms with van der Waals surface area (Å²) in [5.74, 6) is 0. The van der Waals surface area contributed by atoms with Crippen molar-refractivity contribution in [2.24, 2.45) is 0 Å². The molecule has 1 N–H and O–H groups in total. The minimum absolute atomic E-state index is 0.0533. The van der Waals surface area contributed by atoms with Gasteiger partial charge in [0.2, 0.25) is 0 Å². The van der Waals surface area contributed by atoms with E-state index in [1.807, 2.05) is 56.3 Å². The standard InChI is InChI=1S/C17H14BrNO/c1-10-3-6-12(7-4-10)16-15(18)13-8-5-11(2)9-14(13)17(20)19-16/h3-9H,1-2H3,(H,19,20). The summed E-state index contributed by atoms with van der Waals surface area (Å²) in [5.41, 5.74) is 4.05. The Balaban J connectivity index is 2.33. The van der Waals surface area contributed by atoms with Crippen LogP contribution in [-0.4, -0.2) is 4.98 Å². The van der Waals surface area contributed by atoms with Gasteiger partial charge in [-0.25, -0.2) is 0 Å². The number of halogens is 1. The van der Waals surface area contributed by atoms with E-state index in [9.17, 15) is 4.79 Å². The average Bonchev–Trinajstić information content (AvgIpc) is 2.44. The van der Waals surface area contributed by atoms with E-state index in [4.69, 9.17) is 0 Å². The van der Waals surface area contributed by atoms with Gasteiger partial charge >= 0.3 is 0 Å². The van der Waals surface area contributed by atoms with Gasteiger partial charge in [-0.3, -0.25) is 4.79 Å². The van der Waals surface area contributed by atoms with E-state index in [1.54, 1.807) is 0 Å².